The number of unbranched alkanes of at least 4 members (excludes halogenated alkanes) is 14. The summed E-state index contributed by atoms with van der Waals surface area (Å²) in [5.74, 6) is 1.09. The SMILES string of the molecule is CCCCCCCCCCOc1nc2ccccc2nc1OCCCCCCCCCC. The van der Waals surface area contributed by atoms with Crippen LogP contribution in [0.15, 0.2) is 24.3 Å². The minimum Gasteiger partial charge on any atom is -0.474 e. The number of fused-ring (bicyclic) bond motifs is 1. The zero-order valence-corrected chi connectivity index (χ0v) is 20.7. The molecule has 0 aliphatic rings. The van der Waals surface area contributed by atoms with Crippen molar-refractivity contribution >= 4 is 11.0 Å². The number of aromatic nitrogens is 2. The molecule has 32 heavy (non-hydrogen) atoms. The Balaban J connectivity index is 1.72. The average Bonchev–Trinajstić information content (AvgIpc) is 2.82. The summed E-state index contributed by atoms with van der Waals surface area (Å²) in [7, 11) is 0. The highest BCUT2D eigenvalue weighted by Crippen LogP contribution is 2.26. The van der Waals surface area contributed by atoms with Gasteiger partial charge in [-0.1, -0.05) is 116 Å². The van der Waals surface area contributed by atoms with Crippen LogP contribution >= 0.6 is 0 Å². The van der Waals surface area contributed by atoms with Gasteiger partial charge in [0.25, 0.3) is 11.8 Å². The van der Waals surface area contributed by atoms with E-state index >= 15 is 0 Å². The van der Waals surface area contributed by atoms with Crippen molar-refractivity contribution in [1.29, 1.82) is 0 Å². The molecule has 0 bridgehead atoms. The minimum absolute atomic E-state index is 0.547. The minimum atomic E-state index is 0.547. The normalized spacial score (nSPS) is 11.2. The Hall–Kier alpha value is -1.84. The summed E-state index contributed by atoms with van der Waals surface area (Å²) >= 11 is 0. The number of hydrogen-bond acceptors (Lipinski definition) is 4. The first-order chi connectivity index (χ1) is 15.8. The molecule has 2 aromatic rings. The van der Waals surface area contributed by atoms with Gasteiger partial charge < -0.3 is 9.47 Å². The fourth-order valence-corrected chi connectivity index (χ4v) is 3.97. The van der Waals surface area contributed by atoms with Gasteiger partial charge >= 0.3 is 0 Å². The molecule has 0 spiro atoms. The molecule has 0 fully saturated rings. The zero-order valence-electron chi connectivity index (χ0n) is 20.7. The number of rotatable bonds is 20. The molecule has 0 saturated carbocycles. The highest BCUT2D eigenvalue weighted by Gasteiger charge is 2.12. The first-order valence-corrected chi connectivity index (χ1v) is 13.4. The summed E-state index contributed by atoms with van der Waals surface area (Å²) < 4.78 is 12.0. The Morgan fingerprint density at radius 1 is 0.500 bits per heavy atom. The molecular weight excluding hydrogens is 396 g/mol. The topological polar surface area (TPSA) is 44.2 Å². The van der Waals surface area contributed by atoms with Gasteiger partial charge in [0.1, 0.15) is 0 Å². The number of benzene rings is 1. The summed E-state index contributed by atoms with van der Waals surface area (Å²) in [6.07, 6.45) is 20.6. The van der Waals surface area contributed by atoms with E-state index in [9.17, 15) is 0 Å². The fraction of sp³-hybridized carbons (Fsp3) is 0.714. The summed E-state index contributed by atoms with van der Waals surface area (Å²) in [6.45, 7) is 5.88. The van der Waals surface area contributed by atoms with Gasteiger partial charge in [-0.05, 0) is 25.0 Å². The monoisotopic (exact) mass is 442 g/mol. The van der Waals surface area contributed by atoms with Gasteiger partial charge in [-0.25, -0.2) is 9.97 Å². The lowest BCUT2D eigenvalue weighted by atomic mass is 10.1. The highest BCUT2D eigenvalue weighted by atomic mass is 16.5. The third-order valence-corrected chi connectivity index (χ3v) is 5.98. The van der Waals surface area contributed by atoms with Crippen molar-refractivity contribution in [1.82, 2.24) is 9.97 Å². The van der Waals surface area contributed by atoms with E-state index in [2.05, 4.69) is 13.8 Å². The molecule has 2 rings (SSSR count). The largest absolute Gasteiger partial charge is 0.474 e. The van der Waals surface area contributed by atoms with E-state index < -0.39 is 0 Å². The molecule has 0 atom stereocenters. The smallest absolute Gasteiger partial charge is 0.278 e. The van der Waals surface area contributed by atoms with Crippen LogP contribution in [0.5, 0.6) is 11.8 Å². The van der Waals surface area contributed by atoms with E-state index in [0.29, 0.717) is 25.0 Å². The van der Waals surface area contributed by atoms with Crippen molar-refractivity contribution in [3.05, 3.63) is 24.3 Å². The molecule has 1 aromatic heterocycles. The quantitative estimate of drug-likeness (QED) is 0.192. The molecule has 4 nitrogen and oxygen atoms in total. The molecule has 0 unspecified atom stereocenters. The predicted molar refractivity (Wildman–Crippen MR) is 136 cm³/mol. The van der Waals surface area contributed by atoms with Gasteiger partial charge in [-0.15, -0.1) is 0 Å². The maximum Gasteiger partial charge on any atom is 0.278 e. The Bertz CT molecular complexity index is 659. The van der Waals surface area contributed by atoms with Crippen LogP contribution in [0.1, 0.15) is 117 Å². The van der Waals surface area contributed by atoms with E-state index in [1.165, 1.54) is 89.9 Å². The van der Waals surface area contributed by atoms with E-state index in [4.69, 9.17) is 19.4 Å². The molecule has 180 valence electrons. The summed E-state index contributed by atoms with van der Waals surface area (Å²) in [5.41, 5.74) is 1.72. The van der Waals surface area contributed by atoms with Gasteiger partial charge in [-0.2, -0.15) is 0 Å². The third-order valence-electron chi connectivity index (χ3n) is 5.98. The second-order valence-corrected chi connectivity index (χ2v) is 8.97. The molecule has 0 aliphatic carbocycles. The molecule has 0 N–H and O–H groups in total. The van der Waals surface area contributed by atoms with Gasteiger partial charge in [0.15, 0.2) is 0 Å². The van der Waals surface area contributed by atoms with Crippen LogP contribution < -0.4 is 9.47 Å². The maximum atomic E-state index is 6.02. The molecule has 0 saturated heterocycles. The molecule has 0 radical (unpaired) electrons. The predicted octanol–water partition coefficient (Wildman–Crippen LogP) is 8.67. The molecule has 1 aromatic carbocycles. The second kappa shape index (κ2) is 17.7. The van der Waals surface area contributed by atoms with E-state index in [1.807, 2.05) is 24.3 Å². The van der Waals surface area contributed by atoms with E-state index in [0.717, 1.165) is 23.9 Å². The van der Waals surface area contributed by atoms with Crippen LogP contribution in [0, 0.1) is 0 Å². The number of hydrogen-bond donors (Lipinski definition) is 0. The summed E-state index contributed by atoms with van der Waals surface area (Å²) in [4.78, 5) is 9.38. The lowest BCUT2D eigenvalue weighted by Gasteiger charge is -2.12. The summed E-state index contributed by atoms with van der Waals surface area (Å²) in [6, 6.07) is 7.93. The lowest BCUT2D eigenvalue weighted by molar-refractivity contribution is 0.243. The van der Waals surface area contributed by atoms with Crippen LogP contribution in [0.25, 0.3) is 11.0 Å². The van der Waals surface area contributed by atoms with Gasteiger partial charge in [0.2, 0.25) is 0 Å². The third kappa shape index (κ3) is 11.2. The number of ether oxygens (including phenoxy) is 2. The van der Waals surface area contributed by atoms with Crippen LogP contribution in [-0.4, -0.2) is 23.2 Å². The van der Waals surface area contributed by atoms with Crippen molar-refractivity contribution in [2.45, 2.75) is 117 Å². The lowest BCUT2D eigenvalue weighted by Crippen LogP contribution is -2.06. The van der Waals surface area contributed by atoms with Crippen molar-refractivity contribution in [2.24, 2.45) is 0 Å². The standard InChI is InChI=1S/C28H46N2O2/c1-3-5-7-9-11-13-15-19-23-31-27-28(30-26-22-18-17-21-25(26)29-27)32-24-20-16-14-12-10-8-6-4-2/h17-18,21-22H,3-16,19-20,23-24H2,1-2H3. The van der Waals surface area contributed by atoms with Gasteiger partial charge in [0.05, 0.1) is 24.2 Å². The fourth-order valence-electron chi connectivity index (χ4n) is 3.97. The molecular formula is C28H46N2O2. The Kier molecular flexibility index (Phi) is 14.6. The van der Waals surface area contributed by atoms with Crippen LogP contribution in [0.3, 0.4) is 0 Å². The van der Waals surface area contributed by atoms with Gasteiger partial charge in [-0.3, -0.25) is 0 Å². The van der Waals surface area contributed by atoms with Crippen molar-refractivity contribution in [3.63, 3.8) is 0 Å². The van der Waals surface area contributed by atoms with Crippen molar-refractivity contribution in [2.75, 3.05) is 13.2 Å². The molecule has 4 heteroatoms. The van der Waals surface area contributed by atoms with E-state index in [1.54, 1.807) is 0 Å². The summed E-state index contributed by atoms with van der Waals surface area (Å²) in [5, 5.41) is 0. The first kappa shape index (κ1) is 26.4. The Morgan fingerprint density at radius 2 is 0.844 bits per heavy atom. The van der Waals surface area contributed by atoms with Crippen molar-refractivity contribution < 1.29 is 9.47 Å². The first-order valence-electron chi connectivity index (χ1n) is 13.4. The van der Waals surface area contributed by atoms with Gasteiger partial charge in [0, 0.05) is 0 Å². The maximum absolute atomic E-state index is 6.02. The number of para-hydroxylation sites is 2. The van der Waals surface area contributed by atoms with E-state index in [-0.39, 0.29) is 0 Å². The van der Waals surface area contributed by atoms with Crippen LogP contribution in [0.2, 0.25) is 0 Å². The molecule has 0 amide bonds. The average molecular weight is 443 g/mol. The zero-order chi connectivity index (χ0) is 22.7. The highest BCUT2D eigenvalue weighted by molar-refractivity contribution is 5.75. The Labute approximate surface area is 196 Å². The second-order valence-electron chi connectivity index (χ2n) is 8.97. The van der Waals surface area contributed by atoms with Crippen molar-refractivity contribution in [3.8, 4) is 11.8 Å². The van der Waals surface area contributed by atoms with Crippen LogP contribution in [-0.2, 0) is 0 Å². The molecule has 0 aliphatic heterocycles. The van der Waals surface area contributed by atoms with Crippen LogP contribution in [0.4, 0.5) is 0 Å². The number of nitrogens with zero attached hydrogens (tertiary/aromatic N) is 2. The molecule has 1 heterocycles. The Morgan fingerprint density at radius 3 is 1.22 bits per heavy atom.